The molecule has 0 aliphatic rings. The third-order valence-electron chi connectivity index (χ3n) is 3.67. The Kier molecular flexibility index (Phi) is 6.34. The molecule has 0 bridgehead atoms. The van der Waals surface area contributed by atoms with Crippen molar-refractivity contribution in [2.75, 3.05) is 13.1 Å². The second-order valence-electron chi connectivity index (χ2n) is 5.62. The van der Waals surface area contributed by atoms with Crippen LogP contribution < -0.4 is 10.6 Å². The molecular formula is C19H23N5S. The fourth-order valence-electron chi connectivity index (χ4n) is 2.47. The minimum Gasteiger partial charge on any atom is -0.357 e. The predicted molar refractivity (Wildman–Crippen MR) is 105 cm³/mol. The summed E-state index contributed by atoms with van der Waals surface area (Å²) in [5.41, 5.74) is 2.06. The first-order valence-electron chi connectivity index (χ1n) is 8.61. The minimum absolute atomic E-state index is 0.577. The number of benzene rings is 1. The molecule has 3 aromatic rings. The molecule has 0 saturated heterocycles. The number of pyridine rings is 1. The summed E-state index contributed by atoms with van der Waals surface area (Å²) in [6, 6.07) is 14.2. The largest absolute Gasteiger partial charge is 0.357 e. The highest BCUT2D eigenvalue weighted by Crippen LogP contribution is 2.22. The molecule has 2 heterocycles. The third-order valence-corrected chi connectivity index (χ3v) is 4.76. The summed E-state index contributed by atoms with van der Waals surface area (Å²) >= 11 is 1.78. The third kappa shape index (κ3) is 5.26. The number of rotatable bonds is 7. The molecule has 5 nitrogen and oxygen atoms in total. The van der Waals surface area contributed by atoms with Crippen LogP contribution in [-0.2, 0) is 13.0 Å². The first-order valence-corrected chi connectivity index (χ1v) is 9.43. The number of hydrogen-bond donors (Lipinski definition) is 2. The van der Waals surface area contributed by atoms with Crippen LogP contribution in [0, 0.1) is 0 Å². The van der Waals surface area contributed by atoms with Gasteiger partial charge in [0, 0.05) is 25.7 Å². The Morgan fingerprint density at radius 1 is 1.12 bits per heavy atom. The fraction of sp³-hybridized carbons (Fsp3) is 0.316. The van der Waals surface area contributed by atoms with Gasteiger partial charge in [-0.05, 0) is 37.6 Å². The standard InChI is InChI=1S/C19H23N5S/c1-2-20-19(23-14-15-8-5-6-12-21-15)22-13-7-11-18-24-16-9-3-4-10-17(16)25-18/h3-6,8-10,12H,2,7,11,13-14H2,1H3,(H2,20,22,23). The SMILES string of the molecule is CCNC(=NCc1ccccn1)NCCCc1nc2ccccc2s1. The Morgan fingerprint density at radius 2 is 2.00 bits per heavy atom. The molecular weight excluding hydrogens is 330 g/mol. The number of nitrogens with zero attached hydrogens (tertiary/aromatic N) is 3. The van der Waals surface area contributed by atoms with E-state index in [1.54, 1.807) is 17.5 Å². The van der Waals surface area contributed by atoms with Gasteiger partial charge >= 0.3 is 0 Å². The molecule has 0 atom stereocenters. The normalized spacial score (nSPS) is 11.6. The number of aromatic nitrogens is 2. The lowest BCUT2D eigenvalue weighted by atomic mass is 10.3. The van der Waals surface area contributed by atoms with Crippen molar-refractivity contribution >= 4 is 27.5 Å². The van der Waals surface area contributed by atoms with Gasteiger partial charge in [0.25, 0.3) is 0 Å². The van der Waals surface area contributed by atoms with Crippen LogP contribution in [0.25, 0.3) is 10.2 Å². The van der Waals surface area contributed by atoms with Gasteiger partial charge in [-0.3, -0.25) is 4.98 Å². The van der Waals surface area contributed by atoms with Gasteiger partial charge < -0.3 is 10.6 Å². The van der Waals surface area contributed by atoms with Gasteiger partial charge in [0.1, 0.15) is 0 Å². The summed E-state index contributed by atoms with van der Waals surface area (Å²) in [6.45, 7) is 4.35. The lowest BCUT2D eigenvalue weighted by Crippen LogP contribution is -2.37. The number of thiazole rings is 1. The van der Waals surface area contributed by atoms with Crippen LogP contribution in [0.1, 0.15) is 24.0 Å². The van der Waals surface area contributed by atoms with Crippen LogP contribution in [0.4, 0.5) is 0 Å². The minimum atomic E-state index is 0.577. The van der Waals surface area contributed by atoms with Gasteiger partial charge in [-0.25, -0.2) is 9.98 Å². The molecule has 0 spiro atoms. The maximum absolute atomic E-state index is 4.68. The second kappa shape index (κ2) is 9.13. The zero-order chi connectivity index (χ0) is 17.3. The maximum Gasteiger partial charge on any atom is 0.191 e. The van der Waals surface area contributed by atoms with E-state index in [-0.39, 0.29) is 0 Å². The van der Waals surface area contributed by atoms with Crippen LogP contribution in [0.3, 0.4) is 0 Å². The van der Waals surface area contributed by atoms with E-state index in [0.29, 0.717) is 6.54 Å². The summed E-state index contributed by atoms with van der Waals surface area (Å²) in [7, 11) is 0. The lowest BCUT2D eigenvalue weighted by molar-refractivity contribution is 0.741. The quantitative estimate of drug-likeness (QED) is 0.388. The highest BCUT2D eigenvalue weighted by atomic mass is 32.1. The number of para-hydroxylation sites is 1. The number of aliphatic imine (C=N–C) groups is 1. The molecule has 0 amide bonds. The van der Waals surface area contributed by atoms with Crippen LogP contribution in [-0.4, -0.2) is 29.0 Å². The van der Waals surface area contributed by atoms with Gasteiger partial charge in [0.2, 0.25) is 0 Å². The van der Waals surface area contributed by atoms with E-state index in [1.165, 1.54) is 9.71 Å². The molecule has 0 radical (unpaired) electrons. The Balaban J connectivity index is 1.48. The topological polar surface area (TPSA) is 62.2 Å². The molecule has 0 unspecified atom stereocenters. The maximum atomic E-state index is 4.68. The fourth-order valence-corrected chi connectivity index (χ4v) is 3.48. The first kappa shape index (κ1) is 17.4. The van der Waals surface area contributed by atoms with Crippen molar-refractivity contribution in [2.24, 2.45) is 4.99 Å². The molecule has 2 aromatic heterocycles. The van der Waals surface area contributed by atoms with Gasteiger partial charge in [-0.1, -0.05) is 18.2 Å². The zero-order valence-electron chi connectivity index (χ0n) is 14.4. The predicted octanol–water partition coefficient (Wildman–Crippen LogP) is 3.38. The summed E-state index contributed by atoms with van der Waals surface area (Å²) < 4.78 is 1.26. The number of nitrogens with one attached hydrogen (secondary N) is 2. The van der Waals surface area contributed by atoms with Crippen LogP contribution in [0.2, 0.25) is 0 Å². The Hall–Kier alpha value is -2.47. The van der Waals surface area contributed by atoms with Crippen LogP contribution >= 0.6 is 11.3 Å². The van der Waals surface area contributed by atoms with Gasteiger partial charge in [-0.15, -0.1) is 11.3 Å². The summed E-state index contributed by atoms with van der Waals surface area (Å²) in [5, 5.41) is 7.85. The molecule has 2 N–H and O–H groups in total. The Labute approximate surface area is 152 Å². The van der Waals surface area contributed by atoms with Crippen molar-refractivity contribution < 1.29 is 0 Å². The molecule has 0 fully saturated rings. The Bertz CT molecular complexity index is 780. The van der Waals surface area contributed by atoms with Crippen LogP contribution in [0.5, 0.6) is 0 Å². The van der Waals surface area contributed by atoms with Crippen molar-refractivity contribution in [1.29, 1.82) is 0 Å². The molecule has 25 heavy (non-hydrogen) atoms. The van der Waals surface area contributed by atoms with E-state index in [9.17, 15) is 0 Å². The first-order chi connectivity index (χ1) is 12.3. The number of guanidine groups is 1. The van der Waals surface area contributed by atoms with Crippen molar-refractivity contribution in [3.05, 3.63) is 59.4 Å². The Morgan fingerprint density at radius 3 is 2.80 bits per heavy atom. The average molecular weight is 353 g/mol. The van der Waals surface area contributed by atoms with Gasteiger partial charge in [-0.2, -0.15) is 0 Å². The molecule has 0 saturated carbocycles. The van der Waals surface area contributed by atoms with Crippen LogP contribution in [0.15, 0.2) is 53.7 Å². The average Bonchev–Trinajstić information content (AvgIpc) is 3.07. The molecule has 0 aliphatic heterocycles. The summed E-state index contributed by atoms with van der Waals surface area (Å²) in [5.74, 6) is 0.831. The molecule has 1 aromatic carbocycles. The zero-order valence-corrected chi connectivity index (χ0v) is 15.2. The van der Waals surface area contributed by atoms with E-state index in [0.717, 1.165) is 43.1 Å². The molecule has 3 rings (SSSR count). The van der Waals surface area contributed by atoms with Crippen molar-refractivity contribution in [3.63, 3.8) is 0 Å². The van der Waals surface area contributed by atoms with E-state index in [1.807, 2.05) is 24.3 Å². The highest BCUT2D eigenvalue weighted by molar-refractivity contribution is 7.18. The van der Waals surface area contributed by atoms with E-state index in [4.69, 9.17) is 0 Å². The van der Waals surface area contributed by atoms with Crippen molar-refractivity contribution in [3.8, 4) is 0 Å². The molecule has 130 valence electrons. The van der Waals surface area contributed by atoms with E-state index >= 15 is 0 Å². The smallest absolute Gasteiger partial charge is 0.191 e. The summed E-state index contributed by atoms with van der Waals surface area (Å²) in [6.07, 6.45) is 3.79. The lowest BCUT2D eigenvalue weighted by Gasteiger charge is -2.10. The van der Waals surface area contributed by atoms with Crippen molar-refractivity contribution in [1.82, 2.24) is 20.6 Å². The number of aryl methyl sites for hydroxylation is 1. The van der Waals surface area contributed by atoms with Gasteiger partial charge in [0.05, 0.1) is 27.5 Å². The molecule has 6 heteroatoms. The highest BCUT2D eigenvalue weighted by Gasteiger charge is 2.03. The molecule has 0 aliphatic carbocycles. The second-order valence-corrected chi connectivity index (χ2v) is 6.74. The number of hydrogen-bond acceptors (Lipinski definition) is 4. The van der Waals surface area contributed by atoms with E-state index in [2.05, 4.69) is 50.7 Å². The van der Waals surface area contributed by atoms with Crippen molar-refractivity contribution in [2.45, 2.75) is 26.3 Å². The monoisotopic (exact) mass is 353 g/mol. The summed E-state index contributed by atoms with van der Waals surface area (Å²) in [4.78, 5) is 13.6. The van der Waals surface area contributed by atoms with E-state index < -0.39 is 0 Å². The van der Waals surface area contributed by atoms with Gasteiger partial charge in [0.15, 0.2) is 5.96 Å². The number of fused-ring (bicyclic) bond motifs is 1.